The molecule has 3 heterocycles. The van der Waals surface area contributed by atoms with Gasteiger partial charge in [0.25, 0.3) is 0 Å². The molecule has 0 aliphatic carbocycles. The van der Waals surface area contributed by atoms with Crippen molar-refractivity contribution in [2.45, 2.75) is 31.8 Å². The van der Waals surface area contributed by atoms with E-state index in [-0.39, 0.29) is 24.4 Å². The highest BCUT2D eigenvalue weighted by Crippen LogP contribution is 2.28. The van der Waals surface area contributed by atoms with Crippen LogP contribution in [0.1, 0.15) is 35.8 Å². The van der Waals surface area contributed by atoms with E-state index in [1.165, 1.54) is 16.0 Å². The van der Waals surface area contributed by atoms with Gasteiger partial charge in [-0.15, -0.1) is 0 Å². The van der Waals surface area contributed by atoms with Gasteiger partial charge in [0, 0.05) is 38.6 Å². The number of nitrogens with zero attached hydrogens (tertiary/aromatic N) is 2. The molecule has 8 nitrogen and oxygen atoms in total. The van der Waals surface area contributed by atoms with Crippen molar-refractivity contribution in [2.24, 2.45) is 11.7 Å². The molecule has 2 aromatic rings. The molecule has 0 saturated carbocycles. The van der Waals surface area contributed by atoms with Gasteiger partial charge < -0.3 is 20.4 Å². The van der Waals surface area contributed by atoms with Crippen molar-refractivity contribution in [1.82, 2.24) is 15.1 Å². The van der Waals surface area contributed by atoms with Gasteiger partial charge in [0.15, 0.2) is 0 Å². The maximum Gasteiger partial charge on any atom is 0.311 e. The van der Waals surface area contributed by atoms with Gasteiger partial charge in [-0.25, -0.2) is 0 Å². The van der Waals surface area contributed by atoms with Crippen LogP contribution >= 0.6 is 0 Å². The fraction of sp³-hybridized carbons (Fsp3) is 0.435. The maximum absolute atomic E-state index is 12.6. The Morgan fingerprint density at radius 2 is 1.81 bits per heavy atom. The molecule has 0 bridgehead atoms. The van der Waals surface area contributed by atoms with Gasteiger partial charge in [-0.1, -0.05) is 24.3 Å². The Hall–Kier alpha value is -3.13. The first kappa shape index (κ1) is 21.1. The van der Waals surface area contributed by atoms with Crippen LogP contribution in [0.5, 0.6) is 0 Å². The summed E-state index contributed by atoms with van der Waals surface area (Å²) in [5.74, 6) is -1.01. The number of carbonyl (C=O) groups is 3. The fourth-order valence-electron chi connectivity index (χ4n) is 4.45. The summed E-state index contributed by atoms with van der Waals surface area (Å²) in [6.45, 7) is 2.60. The lowest BCUT2D eigenvalue weighted by molar-refractivity contribution is -0.147. The molecule has 1 aromatic heterocycles. The first-order valence-electron chi connectivity index (χ1n) is 10.7. The van der Waals surface area contributed by atoms with E-state index in [0.29, 0.717) is 25.9 Å². The third-order valence-corrected chi connectivity index (χ3v) is 6.31. The second-order valence-electron chi connectivity index (χ2n) is 8.20. The van der Waals surface area contributed by atoms with Crippen molar-refractivity contribution in [3.63, 3.8) is 0 Å². The standard InChI is InChI=1S/C23H28N4O4/c24-21(28)17-8-10-26(11-9-17)23(30)22(29)25-14-19(20-6-3-13-31-20)27-12-7-16-4-1-2-5-18(16)15-27/h1-6,13,17,19H,7-12,14-15H2,(H2,24,28)(H,25,29)/t19-/m1/s1. The number of primary amides is 1. The molecule has 1 saturated heterocycles. The molecule has 0 radical (unpaired) electrons. The predicted octanol–water partition coefficient (Wildman–Crippen LogP) is 1.22. The van der Waals surface area contributed by atoms with Crippen molar-refractivity contribution in [3.8, 4) is 0 Å². The number of fused-ring (bicyclic) bond motifs is 1. The Kier molecular flexibility index (Phi) is 6.36. The van der Waals surface area contributed by atoms with Crippen LogP contribution in [0.25, 0.3) is 0 Å². The van der Waals surface area contributed by atoms with E-state index in [4.69, 9.17) is 10.2 Å². The fourth-order valence-corrected chi connectivity index (χ4v) is 4.45. The lowest BCUT2D eigenvalue weighted by atomic mass is 9.96. The van der Waals surface area contributed by atoms with Gasteiger partial charge in [0.2, 0.25) is 5.91 Å². The van der Waals surface area contributed by atoms with Gasteiger partial charge in [0.05, 0.1) is 12.3 Å². The molecule has 1 aromatic carbocycles. The van der Waals surface area contributed by atoms with E-state index in [2.05, 4.69) is 28.4 Å². The van der Waals surface area contributed by atoms with Gasteiger partial charge in [-0.3, -0.25) is 19.3 Å². The number of rotatable bonds is 5. The van der Waals surface area contributed by atoms with Crippen LogP contribution in [0.3, 0.4) is 0 Å². The molecule has 1 fully saturated rings. The molecule has 2 aliphatic rings. The van der Waals surface area contributed by atoms with Gasteiger partial charge in [0.1, 0.15) is 5.76 Å². The summed E-state index contributed by atoms with van der Waals surface area (Å²) < 4.78 is 5.65. The first-order valence-corrected chi connectivity index (χ1v) is 10.7. The number of amides is 3. The predicted molar refractivity (Wildman–Crippen MR) is 114 cm³/mol. The molecule has 8 heteroatoms. The number of furan rings is 1. The van der Waals surface area contributed by atoms with E-state index in [1.54, 1.807) is 6.26 Å². The zero-order valence-corrected chi connectivity index (χ0v) is 17.5. The molecule has 31 heavy (non-hydrogen) atoms. The number of carbonyl (C=O) groups excluding carboxylic acids is 3. The molecule has 2 aliphatic heterocycles. The minimum absolute atomic E-state index is 0.166. The summed E-state index contributed by atoms with van der Waals surface area (Å²) in [6, 6.07) is 11.9. The lowest BCUT2D eigenvalue weighted by Gasteiger charge is -2.35. The van der Waals surface area contributed by atoms with Crippen molar-refractivity contribution in [1.29, 1.82) is 0 Å². The molecule has 3 N–H and O–H groups in total. The lowest BCUT2D eigenvalue weighted by Crippen LogP contribution is -2.49. The number of likely N-dealkylation sites (tertiary alicyclic amines) is 1. The number of piperidine rings is 1. The highest BCUT2D eigenvalue weighted by atomic mass is 16.3. The molecule has 164 valence electrons. The largest absolute Gasteiger partial charge is 0.468 e. The van der Waals surface area contributed by atoms with E-state index >= 15 is 0 Å². The van der Waals surface area contributed by atoms with Crippen molar-refractivity contribution < 1.29 is 18.8 Å². The average Bonchev–Trinajstić information content (AvgIpc) is 3.33. The molecule has 0 spiro atoms. The summed E-state index contributed by atoms with van der Waals surface area (Å²) in [5, 5.41) is 2.80. The molecular weight excluding hydrogens is 396 g/mol. The minimum Gasteiger partial charge on any atom is -0.468 e. The van der Waals surface area contributed by atoms with Crippen molar-refractivity contribution in [2.75, 3.05) is 26.2 Å². The first-order chi connectivity index (χ1) is 15.0. The Morgan fingerprint density at radius 3 is 2.48 bits per heavy atom. The molecule has 0 unspecified atom stereocenters. The van der Waals surface area contributed by atoms with Crippen LogP contribution in [0.2, 0.25) is 0 Å². The smallest absolute Gasteiger partial charge is 0.311 e. The number of benzene rings is 1. The second kappa shape index (κ2) is 9.34. The summed E-state index contributed by atoms with van der Waals surface area (Å²) >= 11 is 0. The Labute approximate surface area is 181 Å². The molecule has 3 amide bonds. The van der Waals surface area contributed by atoms with Crippen LogP contribution in [0.4, 0.5) is 0 Å². The van der Waals surface area contributed by atoms with E-state index in [1.807, 2.05) is 18.2 Å². The maximum atomic E-state index is 12.6. The zero-order chi connectivity index (χ0) is 21.8. The van der Waals surface area contributed by atoms with Crippen LogP contribution in [-0.2, 0) is 27.3 Å². The van der Waals surface area contributed by atoms with E-state index < -0.39 is 11.8 Å². The SMILES string of the molecule is NC(=O)C1CCN(C(=O)C(=O)NC[C@H](c2ccco2)N2CCc3ccccc3C2)CC1. The van der Waals surface area contributed by atoms with Gasteiger partial charge in [-0.05, 0) is 42.5 Å². The normalized spacial score (nSPS) is 18.3. The summed E-state index contributed by atoms with van der Waals surface area (Å²) in [6.07, 6.45) is 3.54. The summed E-state index contributed by atoms with van der Waals surface area (Å²) in [7, 11) is 0. The Balaban J connectivity index is 1.38. The summed E-state index contributed by atoms with van der Waals surface area (Å²) in [5.41, 5.74) is 7.95. The van der Waals surface area contributed by atoms with Crippen molar-refractivity contribution >= 4 is 17.7 Å². The van der Waals surface area contributed by atoms with Gasteiger partial charge >= 0.3 is 11.8 Å². The van der Waals surface area contributed by atoms with Crippen molar-refractivity contribution in [3.05, 3.63) is 59.5 Å². The quantitative estimate of drug-likeness (QED) is 0.702. The number of hydrogen-bond acceptors (Lipinski definition) is 5. The number of nitrogens with one attached hydrogen (secondary N) is 1. The average molecular weight is 425 g/mol. The Bertz CT molecular complexity index is 935. The minimum atomic E-state index is -0.633. The van der Waals surface area contributed by atoms with Crippen LogP contribution in [-0.4, -0.2) is 53.7 Å². The van der Waals surface area contributed by atoms with E-state index in [0.717, 1.165) is 25.3 Å². The second-order valence-corrected chi connectivity index (χ2v) is 8.20. The Morgan fingerprint density at radius 1 is 1.06 bits per heavy atom. The summed E-state index contributed by atoms with van der Waals surface area (Å²) in [4.78, 5) is 40.2. The van der Waals surface area contributed by atoms with Crippen LogP contribution in [0, 0.1) is 5.92 Å². The van der Waals surface area contributed by atoms with E-state index in [9.17, 15) is 14.4 Å². The highest BCUT2D eigenvalue weighted by molar-refractivity contribution is 6.35. The monoisotopic (exact) mass is 424 g/mol. The molecular formula is C23H28N4O4. The third-order valence-electron chi connectivity index (χ3n) is 6.31. The topological polar surface area (TPSA) is 109 Å². The molecule has 1 atom stereocenters. The third kappa shape index (κ3) is 4.80. The number of hydrogen-bond donors (Lipinski definition) is 2. The van der Waals surface area contributed by atoms with Gasteiger partial charge in [-0.2, -0.15) is 0 Å². The molecule has 4 rings (SSSR count). The van der Waals surface area contributed by atoms with Crippen LogP contribution in [0.15, 0.2) is 47.1 Å². The van der Waals surface area contributed by atoms with Crippen LogP contribution < -0.4 is 11.1 Å². The highest BCUT2D eigenvalue weighted by Gasteiger charge is 2.31. The zero-order valence-electron chi connectivity index (χ0n) is 17.5. The number of nitrogens with two attached hydrogens (primary N) is 1.